The van der Waals surface area contributed by atoms with Crippen LogP contribution < -0.4 is 5.32 Å². The molecule has 0 saturated carbocycles. The fourth-order valence-corrected chi connectivity index (χ4v) is 3.71. The Bertz CT molecular complexity index is 926. The molecule has 3 heterocycles. The van der Waals surface area contributed by atoms with Gasteiger partial charge in [0.2, 0.25) is 5.91 Å². The van der Waals surface area contributed by atoms with E-state index in [0.29, 0.717) is 13.0 Å². The van der Waals surface area contributed by atoms with Gasteiger partial charge in [0.05, 0.1) is 19.0 Å². The van der Waals surface area contributed by atoms with Gasteiger partial charge in [-0.25, -0.2) is 9.67 Å². The lowest BCUT2D eigenvalue weighted by Gasteiger charge is -2.18. The number of hydrogen-bond donors (Lipinski definition) is 1. The Hall–Kier alpha value is -3.19. The Balaban J connectivity index is 1.41. The molecule has 4 rings (SSSR count). The number of benzene rings is 1. The lowest BCUT2D eigenvalue weighted by atomic mass is 10.1. The van der Waals surface area contributed by atoms with Gasteiger partial charge >= 0.3 is 0 Å². The fraction of sp³-hybridized carbons (Fsp3) is 0.150. The molecule has 6 nitrogen and oxygen atoms in total. The monoisotopic (exact) mass is 377 g/mol. The van der Waals surface area contributed by atoms with Crippen LogP contribution in [-0.2, 0) is 11.3 Å². The highest BCUT2D eigenvalue weighted by Crippen LogP contribution is 2.25. The van der Waals surface area contributed by atoms with Crippen molar-refractivity contribution >= 4 is 22.9 Å². The van der Waals surface area contributed by atoms with Crippen LogP contribution in [0.5, 0.6) is 0 Å². The second-order valence-electron chi connectivity index (χ2n) is 6.25. The third kappa shape index (κ3) is 4.32. The van der Waals surface area contributed by atoms with E-state index in [-0.39, 0.29) is 11.9 Å². The second kappa shape index (κ2) is 8.01. The van der Waals surface area contributed by atoms with Gasteiger partial charge in [-0.15, -0.1) is 0 Å². The van der Waals surface area contributed by atoms with Gasteiger partial charge in [-0.05, 0) is 52.2 Å². The summed E-state index contributed by atoms with van der Waals surface area (Å²) in [5.74, 6) is -0.0103. The molecule has 1 unspecified atom stereocenters. The molecular weight excluding hydrogens is 358 g/mol. The minimum atomic E-state index is -0.0103. The molecule has 1 aromatic carbocycles. The van der Waals surface area contributed by atoms with Crippen LogP contribution in [0, 0.1) is 0 Å². The molecule has 0 aliphatic heterocycles. The number of nitrogens with zero attached hydrogens (tertiary/aromatic N) is 4. The van der Waals surface area contributed by atoms with Gasteiger partial charge in [-0.3, -0.25) is 4.79 Å². The number of carbonyl (C=O) groups is 1. The highest BCUT2D eigenvalue weighted by Gasteiger charge is 2.17. The maximum absolute atomic E-state index is 12.6. The van der Waals surface area contributed by atoms with Crippen LogP contribution in [-0.4, -0.2) is 25.2 Å². The number of anilines is 1. The summed E-state index contributed by atoms with van der Waals surface area (Å²) in [6.07, 6.45) is 7.57. The first-order chi connectivity index (χ1) is 13.3. The number of aromatic nitrogens is 4. The van der Waals surface area contributed by atoms with E-state index in [2.05, 4.69) is 31.4 Å². The SMILES string of the molecule is O=C(CC(c1ccsc1)n1cccc1)Nc1ccc(Cn2cncn2)cc1. The number of thiophene rings is 1. The molecule has 1 N–H and O–H groups in total. The Labute approximate surface area is 161 Å². The van der Waals surface area contributed by atoms with Crippen molar-refractivity contribution < 1.29 is 4.79 Å². The van der Waals surface area contributed by atoms with Gasteiger partial charge in [0.1, 0.15) is 12.7 Å². The molecule has 3 aromatic heterocycles. The number of carbonyl (C=O) groups excluding carboxylic acids is 1. The standard InChI is InChI=1S/C20H19N5OS/c26-20(11-19(17-7-10-27-13-17)24-8-1-2-9-24)23-18-5-3-16(4-6-18)12-25-15-21-14-22-25/h1-10,13-15,19H,11-12H2,(H,23,26). The molecule has 0 spiro atoms. The summed E-state index contributed by atoms with van der Waals surface area (Å²) in [5, 5.41) is 11.2. The summed E-state index contributed by atoms with van der Waals surface area (Å²) < 4.78 is 3.83. The summed E-state index contributed by atoms with van der Waals surface area (Å²) in [4.78, 5) is 16.5. The highest BCUT2D eigenvalue weighted by atomic mass is 32.1. The Morgan fingerprint density at radius 1 is 1.15 bits per heavy atom. The van der Waals surface area contributed by atoms with Crippen molar-refractivity contribution in [3.63, 3.8) is 0 Å². The zero-order valence-electron chi connectivity index (χ0n) is 14.6. The van der Waals surface area contributed by atoms with Crippen LogP contribution in [0.15, 0.2) is 78.3 Å². The molecule has 136 valence electrons. The van der Waals surface area contributed by atoms with E-state index in [1.54, 1.807) is 22.3 Å². The molecule has 0 aliphatic carbocycles. The summed E-state index contributed by atoms with van der Waals surface area (Å²) in [6.45, 7) is 0.655. The zero-order chi connectivity index (χ0) is 18.5. The van der Waals surface area contributed by atoms with Crippen molar-refractivity contribution in [1.29, 1.82) is 0 Å². The fourth-order valence-electron chi connectivity index (χ4n) is 3.00. The lowest BCUT2D eigenvalue weighted by molar-refractivity contribution is -0.116. The van der Waals surface area contributed by atoms with Crippen molar-refractivity contribution in [2.75, 3.05) is 5.32 Å². The van der Waals surface area contributed by atoms with Crippen molar-refractivity contribution in [1.82, 2.24) is 19.3 Å². The molecule has 0 fully saturated rings. The van der Waals surface area contributed by atoms with Gasteiger partial charge < -0.3 is 9.88 Å². The molecule has 0 saturated heterocycles. The zero-order valence-corrected chi connectivity index (χ0v) is 15.4. The van der Waals surface area contributed by atoms with E-state index in [1.807, 2.05) is 54.2 Å². The van der Waals surface area contributed by atoms with Crippen LogP contribution in [0.25, 0.3) is 0 Å². The summed E-state index contributed by atoms with van der Waals surface area (Å²) >= 11 is 1.64. The van der Waals surface area contributed by atoms with Crippen molar-refractivity contribution in [2.45, 2.75) is 19.0 Å². The smallest absolute Gasteiger partial charge is 0.226 e. The summed E-state index contributed by atoms with van der Waals surface area (Å²) in [6, 6.07) is 13.8. The predicted molar refractivity (Wildman–Crippen MR) is 106 cm³/mol. The summed E-state index contributed by atoms with van der Waals surface area (Å²) in [5.41, 5.74) is 3.04. The topological polar surface area (TPSA) is 64.7 Å². The number of rotatable bonds is 7. The van der Waals surface area contributed by atoms with Crippen LogP contribution in [0.2, 0.25) is 0 Å². The van der Waals surface area contributed by atoms with E-state index >= 15 is 0 Å². The average Bonchev–Trinajstić information content (AvgIpc) is 3.44. The molecule has 27 heavy (non-hydrogen) atoms. The first-order valence-corrected chi connectivity index (χ1v) is 9.58. The van der Waals surface area contributed by atoms with Crippen LogP contribution in [0.3, 0.4) is 0 Å². The maximum Gasteiger partial charge on any atom is 0.226 e. The maximum atomic E-state index is 12.6. The molecule has 0 bridgehead atoms. The minimum absolute atomic E-state index is 0.00200. The summed E-state index contributed by atoms with van der Waals surface area (Å²) in [7, 11) is 0. The number of hydrogen-bond acceptors (Lipinski definition) is 4. The van der Waals surface area contributed by atoms with Crippen LogP contribution in [0.1, 0.15) is 23.6 Å². The van der Waals surface area contributed by atoms with Gasteiger partial charge in [0.25, 0.3) is 0 Å². The lowest BCUT2D eigenvalue weighted by Crippen LogP contribution is -2.19. The van der Waals surface area contributed by atoms with E-state index < -0.39 is 0 Å². The highest BCUT2D eigenvalue weighted by molar-refractivity contribution is 7.08. The predicted octanol–water partition coefficient (Wildman–Crippen LogP) is 3.81. The number of amides is 1. The third-order valence-corrected chi connectivity index (χ3v) is 5.04. The molecule has 4 aromatic rings. The quantitative estimate of drug-likeness (QED) is 0.533. The molecule has 0 aliphatic rings. The van der Waals surface area contributed by atoms with Crippen LogP contribution in [0.4, 0.5) is 5.69 Å². The van der Waals surface area contributed by atoms with Gasteiger partial charge in [0, 0.05) is 18.1 Å². The van der Waals surface area contributed by atoms with E-state index in [4.69, 9.17) is 0 Å². The molecular formula is C20H19N5OS. The van der Waals surface area contributed by atoms with Gasteiger partial charge in [0.15, 0.2) is 0 Å². The molecule has 0 radical (unpaired) electrons. The van der Waals surface area contributed by atoms with E-state index in [0.717, 1.165) is 16.8 Å². The minimum Gasteiger partial charge on any atom is -0.346 e. The molecule has 1 amide bonds. The normalized spacial score (nSPS) is 12.0. The van der Waals surface area contributed by atoms with Crippen LogP contribution >= 0.6 is 11.3 Å². The van der Waals surface area contributed by atoms with Crippen molar-refractivity contribution in [2.24, 2.45) is 0 Å². The molecule has 1 atom stereocenters. The third-order valence-electron chi connectivity index (χ3n) is 4.34. The first-order valence-electron chi connectivity index (χ1n) is 8.64. The van der Waals surface area contributed by atoms with E-state index in [9.17, 15) is 4.79 Å². The average molecular weight is 377 g/mol. The van der Waals surface area contributed by atoms with Crippen molar-refractivity contribution in [3.05, 3.63) is 89.4 Å². The largest absolute Gasteiger partial charge is 0.346 e. The van der Waals surface area contributed by atoms with Gasteiger partial charge in [-0.1, -0.05) is 12.1 Å². The Morgan fingerprint density at radius 3 is 2.63 bits per heavy atom. The Kier molecular flexibility index (Phi) is 5.11. The van der Waals surface area contributed by atoms with E-state index in [1.165, 1.54) is 6.33 Å². The van der Waals surface area contributed by atoms with Gasteiger partial charge in [-0.2, -0.15) is 16.4 Å². The number of nitrogens with one attached hydrogen (secondary N) is 1. The Morgan fingerprint density at radius 2 is 1.96 bits per heavy atom. The first kappa shape index (κ1) is 17.2. The second-order valence-corrected chi connectivity index (χ2v) is 7.03. The van der Waals surface area contributed by atoms with Crippen molar-refractivity contribution in [3.8, 4) is 0 Å². The molecule has 7 heteroatoms.